The molecule has 2 aromatic heterocycles. The fourth-order valence-corrected chi connectivity index (χ4v) is 6.06. The Kier molecular flexibility index (Phi) is 13.7. The highest BCUT2D eigenvalue weighted by atomic mass is 35.5. The molecule has 1 aliphatic heterocycles. The first-order chi connectivity index (χ1) is 24.8. The molecule has 0 unspecified atom stereocenters. The van der Waals surface area contributed by atoms with E-state index in [9.17, 15) is 4.79 Å². The van der Waals surface area contributed by atoms with E-state index in [2.05, 4.69) is 58.2 Å². The summed E-state index contributed by atoms with van der Waals surface area (Å²) in [7, 11) is 0. The lowest BCUT2D eigenvalue weighted by Gasteiger charge is -2.34. The van der Waals surface area contributed by atoms with Crippen LogP contribution in [0.25, 0.3) is 6.08 Å². The zero-order chi connectivity index (χ0) is 35.6. The van der Waals surface area contributed by atoms with Gasteiger partial charge in [0.25, 0.3) is 0 Å². The molecule has 0 radical (unpaired) electrons. The van der Waals surface area contributed by atoms with Crippen molar-refractivity contribution in [1.29, 1.82) is 0 Å². The van der Waals surface area contributed by atoms with E-state index in [1.165, 1.54) is 16.7 Å². The van der Waals surface area contributed by atoms with Crippen LogP contribution in [0.5, 0.6) is 23.1 Å². The van der Waals surface area contributed by atoms with Crippen LogP contribution < -0.4 is 14.2 Å². The maximum absolute atomic E-state index is 13.0. The van der Waals surface area contributed by atoms with Crippen LogP contribution in [0.3, 0.4) is 0 Å². The second-order valence-corrected chi connectivity index (χ2v) is 13.2. The highest BCUT2D eigenvalue weighted by Crippen LogP contribution is 2.34. The third-order valence-corrected chi connectivity index (χ3v) is 9.05. The summed E-state index contributed by atoms with van der Waals surface area (Å²) in [5.41, 5.74) is 7.44. The predicted octanol–water partition coefficient (Wildman–Crippen LogP) is 8.83. The van der Waals surface area contributed by atoms with Crippen LogP contribution in [-0.2, 0) is 24.4 Å². The van der Waals surface area contributed by atoms with Crippen LogP contribution in [0.1, 0.15) is 39.1 Å². The number of piperazine rings is 1. The number of rotatable bonds is 13. The molecule has 1 fully saturated rings. The molecule has 270 valence electrons. The molecule has 3 heterocycles. The van der Waals surface area contributed by atoms with E-state index in [0.29, 0.717) is 48.7 Å². The zero-order valence-electron chi connectivity index (χ0n) is 29.8. The molecular formula is C42H44Cl2N4O4. The molecule has 3 aromatic carbocycles. The predicted molar refractivity (Wildman–Crippen MR) is 209 cm³/mol. The van der Waals surface area contributed by atoms with Gasteiger partial charge in [-0.15, -0.1) is 12.4 Å². The summed E-state index contributed by atoms with van der Waals surface area (Å²) < 4.78 is 17.7. The number of hydrogen-bond acceptors (Lipinski definition) is 7. The average Bonchev–Trinajstić information content (AvgIpc) is 3.14. The van der Waals surface area contributed by atoms with E-state index in [4.69, 9.17) is 25.8 Å². The molecule has 1 saturated heterocycles. The van der Waals surface area contributed by atoms with Crippen molar-refractivity contribution in [2.75, 3.05) is 32.8 Å². The van der Waals surface area contributed by atoms with Crippen molar-refractivity contribution in [3.63, 3.8) is 0 Å². The largest absolute Gasteiger partial charge is 0.492 e. The molecule has 0 aliphatic carbocycles. The van der Waals surface area contributed by atoms with Gasteiger partial charge in [0, 0.05) is 57.0 Å². The fraction of sp³-hybridized carbons (Fsp3) is 0.262. The molecule has 5 aromatic rings. The highest BCUT2D eigenvalue weighted by molar-refractivity contribution is 6.32. The zero-order valence-corrected chi connectivity index (χ0v) is 31.3. The number of pyridine rings is 2. The first kappa shape index (κ1) is 38.3. The number of nitrogens with zero attached hydrogens (tertiary/aromatic N) is 4. The van der Waals surface area contributed by atoms with Crippen molar-refractivity contribution in [3.05, 3.63) is 147 Å². The number of amides is 1. The maximum atomic E-state index is 13.0. The van der Waals surface area contributed by atoms with E-state index in [1.807, 2.05) is 55.1 Å². The van der Waals surface area contributed by atoms with Crippen LogP contribution in [0.4, 0.5) is 0 Å². The van der Waals surface area contributed by atoms with Gasteiger partial charge in [0.1, 0.15) is 18.1 Å². The Labute approximate surface area is 317 Å². The number of aromatic nitrogens is 2. The number of halogens is 2. The van der Waals surface area contributed by atoms with Crippen LogP contribution in [0.2, 0.25) is 5.02 Å². The molecule has 1 aliphatic rings. The molecule has 0 N–H and O–H groups in total. The summed E-state index contributed by atoms with van der Waals surface area (Å²) in [5.74, 6) is 2.37. The monoisotopic (exact) mass is 738 g/mol. The fourth-order valence-electron chi connectivity index (χ4n) is 5.75. The standard InChI is InChI=1S/C42H43ClN4O4.ClH/c1-30-4-7-35(8-5-30)29-50-38-15-16-40(45-27-38)51-42-31(2)24-36(25-39(42)43)13-17-41(48)47-21-19-46(20-22-47)28-34-11-9-33(10-12-34)18-23-49-37-14-6-32(3)44-26-37;/h4-17,24-27H,18-23,28-29H2,1-3H3;1H/b17-13+;. The molecular weight excluding hydrogens is 695 g/mol. The summed E-state index contributed by atoms with van der Waals surface area (Å²) in [6.07, 6.45) is 7.66. The second kappa shape index (κ2) is 18.6. The van der Waals surface area contributed by atoms with Crippen LogP contribution in [0.15, 0.2) is 103 Å². The van der Waals surface area contributed by atoms with Crippen molar-refractivity contribution in [2.45, 2.75) is 40.3 Å². The van der Waals surface area contributed by atoms with Gasteiger partial charge in [-0.1, -0.05) is 65.7 Å². The van der Waals surface area contributed by atoms with Crippen molar-refractivity contribution < 1.29 is 19.0 Å². The summed E-state index contributed by atoms with van der Waals surface area (Å²) in [6, 6.07) is 28.2. The summed E-state index contributed by atoms with van der Waals surface area (Å²) in [5, 5.41) is 0.443. The minimum Gasteiger partial charge on any atom is -0.492 e. The first-order valence-corrected chi connectivity index (χ1v) is 17.6. The Balaban J connectivity index is 0.00000523. The molecule has 1 amide bonds. The van der Waals surface area contributed by atoms with E-state index < -0.39 is 0 Å². The van der Waals surface area contributed by atoms with Crippen molar-refractivity contribution in [3.8, 4) is 23.1 Å². The molecule has 0 bridgehead atoms. The number of aryl methyl sites for hydroxylation is 3. The van der Waals surface area contributed by atoms with Crippen LogP contribution in [0, 0.1) is 20.8 Å². The Morgan fingerprint density at radius 1 is 0.788 bits per heavy atom. The van der Waals surface area contributed by atoms with Gasteiger partial charge in [-0.25, -0.2) is 4.98 Å². The Hall–Kier alpha value is -4.89. The third-order valence-electron chi connectivity index (χ3n) is 8.77. The lowest BCUT2D eigenvalue weighted by Crippen LogP contribution is -2.47. The molecule has 10 heteroatoms. The first-order valence-electron chi connectivity index (χ1n) is 17.2. The van der Waals surface area contributed by atoms with E-state index >= 15 is 0 Å². The Morgan fingerprint density at radius 3 is 2.13 bits per heavy atom. The van der Waals surface area contributed by atoms with Gasteiger partial charge in [0.05, 0.1) is 24.0 Å². The minimum absolute atomic E-state index is 0. The topological polar surface area (TPSA) is 77.0 Å². The Morgan fingerprint density at radius 2 is 1.46 bits per heavy atom. The van der Waals surface area contributed by atoms with Gasteiger partial charge in [0.15, 0.2) is 5.75 Å². The van der Waals surface area contributed by atoms with Crippen LogP contribution >= 0.6 is 24.0 Å². The van der Waals surface area contributed by atoms with Gasteiger partial charge in [-0.05, 0) is 85.0 Å². The molecule has 0 atom stereocenters. The molecule has 8 nitrogen and oxygen atoms in total. The van der Waals surface area contributed by atoms with Gasteiger partial charge in [-0.3, -0.25) is 14.7 Å². The maximum Gasteiger partial charge on any atom is 0.246 e. The normalized spacial score (nSPS) is 13.1. The van der Waals surface area contributed by atoms with Crippen molar-refractivity contribution in [1.82, 2.24) is 19.8 Å². The number of ether oxygens (including phenoxy) is 3. The van der Waals surface area contributed by atoms with Gasteiger partial charge in [-0.2, -0.15) is 0 Å². The number of carbonyl (C=O) groups is 1. The van der Waals surface area contributed by atoms with Gasteiger partial charge >= 0.3 is 0 Å². The van der Waals surface area contributed by atoms with Crippen LogP contribution in [-0.4, -0.2) is 58.5 Å². The summed E-state index contributed by atoms with van der Waals surface area (Å²) in [6.45, 7) is 10.9. The lowest BCUT2D eigenvalue weighted by molar-refractivity contribution is -0.127. The Bertz CT molecular complexity index is 1900. The molecule has 0 spiro atoms. The summed E-state index contributed by atoms with van der Waals surface area (Å²) in [4.78, 5) is 26.0. The van der Waals surface area contributed by atoms with E-state index in [-0.39, 0.29) is 18.3 Å². The molecule has 6 rings (SSSR count). The second-order valence-electron chi connectivity index (χ2n) is 12.8. The van der Waals surface area contributed by atoms with Gasteiger partial charge in [0.2, 0.25) is 11.8 Å². The number of hydrogen-bond donors (Lipinski definition) is 0. The van der Waals surface area contributed by atoms with Crippen molar-refractivity contribution >= 4 is 36.0 Å². The molecule has 0 saturated carbocycles. The smallest absolute Gasteiger partial charge is 0.246 e. The molecule has 52 heavy (non-hydrogen) atoms. The van der Waals surface area contributed by atoms with E-state index in [0.717, 1.165) is 54.2 Å². The third kappa shape index (κ3) is 11.1. The van der Waals surface area contributed by atoms with Gasteiger partial charge < -0.3 is 19.1 Å². The SMILES string of the molecule is Cc1ccc(COc2ccc(Oc3c(C)cc(/C=C/C(=O)N4CCN(Cc5ccc(CCOc6ccc(C)nc6)cc5)CC4)cc3Cl)nc2)cc1.Cl. The highest BCUT2D eigenvalue weighted by Gasteiger charge is 2.20. The van der Waals surface area contributed by atoms with Crippen molar-refractivity contribution in [2.24, 2.45) is 0 Å². The quantitative estimate of drug-likeness (QED) is 0.112. The number of carbonyl (C=O) groups excluding carboxylic acids is 1. The average molecular weight is 740 g/mol. The van der Waals surface area contributed by atoms with E-state index in [1.54, 1.807) is 36.7 Å². The minimum atomic E-state index is -0.00868. The lowest BCUT2D eigenvalue weighted by atomic mass is 10.1. The number of benzene rings is 3. The summed E-state index contributed by atoms with van der Waals surface area (Å²) >= 11 is 6.63.